The Labute approximate surface area is 62.1 Å². The summed E-state index contributed by atoms with van der Waals surface area (Å²) in [4.78, 5) is 0. The molecule has 1 N–H and O–H groups in total. The van der Waals surface area contributed by atoms with Crippen molar-refractivity contribution in [2.75, 3.05) is 14.2 Å². The molecule has 0 aliphatic rings. The molecule has 0 aromatic heterocycles. The van der Waals surface area contributed by atoms with E-state index in [-0.39, 0.29) is 6.10 Å². The molecule has 0 bridgehead atoms. The molecule has 0 fully saturated rings. The summed E-state index contributed by atoms with van der Waals surface area (Å²) in [5.74, 6) is 0. The first-order valence-corrected chi connectivity index (χ1v) is 4.07. The van der Waals surface area contributed by atoms with Crippen molar-refractivity contribution in [3.05, 3.63) is 0 Å². The molecule has 0 saturated carbocycles. The fourth-order valence-electron chi connectivity index (χ4n) is 0.0833. The molecule has 0 amide bonds. The second-order valence-electron chi connectivity index (χ2n) is 1.75. The van der Waals surface area contributed by atoms with E-state index in [2.05, 4.69) is 9.05 Å². The van der Waals surface area contributed by atoms with Crippen molar-refractivity contribution in [3.8, 4) is 0 Å². The van der Waals surface area contributed by atoms with Gasteiger partial charge in [0.25, 0.3) is 0 Å². The molecule has 0 spiro atoms. The van der Waals surface area contributed by atoms with Gasteiger partial charge in [-0.3, -0.25) is 4.57 Å². The number of aliphatic hydroxyl groups excluding tert-OH is 1. The van der Waals surface area contributed by atoms with E-state index in [0.717, 1.165) is 0 Å². The van der Waals surface area contributed by atoms with Crippen molar-refractivity contribution in [1.29, 1.82) is 0 Å². The van der Waals surface area contributed by atoms with Gasteiger partial charge in [0.15, 0.2) is 0 Å². The van der Waals surface area contributed by atoms with Crippen LogP contribution >= 0.6 is 8.25 Å². The van der Waals surface area contributed by atoms with Crippen LogP contribution in [0.1, 0.15) is 13.8 Å². The SMILES string of the molecule is CC(C)O.CO[PH](=O)OC. The molecule has 0 unspecified atom stereocenters. The number of hydrogen-bond donors (Lipinski definition) is 1. The van der Waals surface area contributed by atoms with Gasteiger partial charge in [-0.2, -0.15) is 0 Å². The predicted molar refractivity (Wildman–Crippen MR) is 40.4 cm³/mol. The standard InChI is InChI=1S/C3H8O.C2H7O3P/c1-3(2)4;1-4-6(3)5-2/h3-4H,1-2H3;6H,1-2H3. The topological polar surface area (TPSA) is 55.8 Å². The first kappa shape index (κ1) is 12.8. The average Bonchev–Trinajstić information content (AvgIpc) is 1.85. The Kier molecular flexibility index (Phi) is 11.6. The second kappa shape index (κ2) is 9.11. The number of aliphatic hydroxyl groups is 1. The molecule has 0 saturated heterocycles. The maximum absolute atomic E-state index is 9.92. The Hall–Kier alpha value is 0.110. The van der Waals surface area contributed by atoms with Crippen molar-refractivity contribution in [3.63, 3.8) is 0 Å². The Morgan fingerprint density at radius 1 is 1.30 bits per heavy atom. The minimum atomic E-state index is -2.12. The van der Waals surface area contributed by atoms with Crippen LogP contribution in [0.25, 0.3) is 0 Å². The van der Waals surface area contributed by atoms with Gasteiger partial charge in [-0.25, -0.2) is 0 Å². The van der Waals surface area contributed by atoms with Gasteiger partial charge >= 0.3 is 8.25 Å². The minimum Gasteiger partial charge on any atom is -0.394 e. The lowest BCUT2D eigenvalue weighted by molar-refractivity contribution is 0.216. The van der Waals surface area contributed by atoms with Crippen molar-refractivity contribution >= 4 is 8.25 Å². The van der Waals surface area contributed by atoms with E-state index >= 15 is 0 Å². The summed E-state index contributed by atoms with van der Waals surface area (Å²) >= 11 is 0. The van der Waals surface area contributed by atoms with Crippen molar-refractivity contribution in [1.82, 2.24) is 0 Å². The van der Waals surface area contributed by atoms with Crippen LogP contribution in [-0.4, -0.2) is 25.4 Å². The monoisotopic (exact) mass is 170 g/mol. The van der Waals surface area contributed by atoms with Crippen molar-refractivity contribution < 1.29 is 18.7 Å². The molecule has 0 aromatic carbocycles. The first-order chi connectivity index (χ1) is 4.54. The lowest BCUT2D eigenvalue weighted by atomic mass is 10.5. The highest BCUT2D eigenvalue weighted by molar-refractivity contribution is 7.33. The zero-order chi connectivity index (χ0) is 8.57. The molecule has 10 heavy (non-hydrogen) atoms. The van der Waals surface area contributed by atoms with Crippen LogP contribution in [0, 0.1) is 0 Å². The zero-order valence-corrected chi connectivity index (χ0v) is 7.75. The average molecular weight is 170 g/mol. The zero-order valence-electron chi connectivity index (χ0n) is 6.75. The third-order valence-corrected chi connectivity index (χ3v) is 1.00. The first-order valence-electron chi connectivity index (χ1n) is 2.84. The quantitative estimate of drug-likeness (QED) is 0.629. The smallest absolute Gasteiger partial charge is 0.318 e. The van der Waals surface area contributed by atoms with E-state index in [1.54, 1.807) is 13.8 Å². The largest absolute Gasteiger partial charge is 0.394 e. The van der Waals surface area contributed by atoms with Gasteiger partial charge in [0.05, 0.1) is 0 Å². The molecule has 0 aromatic rings. The van der Waals surface area contributed by atoms with Crippen LogP contribution in [0.5, 0.6) is 0 Å². The molecule has 0 aliphatic heterocycles. The Bertz CT molecular complexity index is 75.0. The lowest BCUT2D eigenvalue weighted by Gasteiger charge is -1.89. The predicted octanol–water partition coefficient (Wildman–Crippen LogP) is 1.06. The summed E-state index contributed by atoms with van der Waals surface area (Å²) in [6.07, 6.45) is -0.167. The van der Waals surface area contributed by atoms with Gasteiger partial charge < -0.3 is 14.2 Å². The Morgan fingerprint density at radius 3 is 1.50 bits per heavy atom. The summed E-state index contributed by atoms with van der Waals surface area (Å²) < 4.78 is 18.4. The highest BCUT2D eigenvalue weighted by atomic mass is 31.1. The molecule has 0 atom stereocenters. The van der Waals surface area contributed by atoms with E-state index < -0.39 is 8.25 Å². The highest BCUT2D eigenvalue weighted by Gasteiger charge is 1.83. The van der Waals surface area contributed by atoms with E-state index in [1.807, 2.05) is 0 Å². The molecule has 64 valence electrons. The summed E-state index contributed by atoms with van der Waals surface area (Å²) in [5.41, 5.74) is 0. The fourth-order valence-corrected chi connectivity index (χ4v) is 0.250. The van der Waals surface area contributed by atoms with Crippen LogP contribution in [0.3, 0.4) is 0 Å². The molecule has 4 nitrogen and oxygen atoms in total. The van der Waals surface area contributed by atoms with Crippen molar-refractivity contribution in [2.45, 2.75) is 20.0 Å². The van der Waals surface area contributed by atoms with Gasteiger partial charge in [-0.15, -0.1) is 0 Å². The van der Waals surface area contributed by atoms with Crippen LogP contribution in [0.2, 0.25) is 0 Å². The Morgan fingerprint density at radius 2 is 1.50 bits per heavy atom. The van der Waals surface area contributed by atoms with Crippen LogP contribution in [-0.2, 0) is 13.6 Å². The molecule has 0 heterocycles. The maximum atomic E-state index is 9.92. The van der Waals surface area contributed by atoms with Gasteiger partial charge in [0.1, 0.15) is 0 Å². The second-order valence-corrected chi connectivity index (χ2v) is 3.07. The van der Waals surface area contributed by atoms with E-state index in [0.29, 0.717) is 0 Å². The molecule has 5 heteroatoms. The van der Waals surface area contributed by atoms with Gasteiger partial charge in [0, 0.05) is 20.3 Å². The van der Waals surface area contributed by atoms with Crippen LogP contribution in [0.4, 0.5) is 0 Å². The highest BCUT2D eigenvalue weighted by Crippen LogP contribution is 2.18. The summed E-state index contributed by atoms with van der Waals surface area (Å²) in [6, 6.07) is 0. The van der Waals surface area contributed by atoms with Gasteiger partial charge in [-0.1, -0.05) is 0 Å². The molecule has 0 rings (SSSR count). The summed E-state index contributed by atoms with van der Waals surface area (Å²) in [5, 5.41) is 8.06. The van der Waals surface area contributed by atoms with E-state index in [4.69, 9.17) is 5.11 Å². The van der Waals surface area contributed by atoms with Crippen molar-refractivity contribution in [2.24, 2.45) is 0 Å². The van der Waals surface area contributed by atoms with E-state index in [9.17, 15) is 4.57 Å². The molecule has 0 radical (unpaired) electrons. The van der Waals surface area contributed by atoms with Crippen LogP contribution in [0.15, 0.2) is 0 Å². The number of rotatable bonds is 2. The molecular formula is C5H15O4P. The normalized spacial score (nSPS) is 9.50. The minimum absolute atomic E-state index is 0.167. The third kappa shape index (κ3) is 24.3. The molecular weight excluding hydrogens is 155 g/mol. The van der Waals surface area contributed by atoms with Gasteiger partial charge in [0.2, 0.25) is 0 Å². The fraction of sp³-hybridized carbons (Fsp3) is 1.00. The summed E-state index contributed by atoms with van der Waals surface area (Å²) in [6.45, 7) is 3.44. The summed E-state index contributed by atoms with van der Waals surface area (Å²) in [7, 11) is 0.558. The number of hydrogen-bond acceptors (Lipinski definition) is 4. The van der Waals surface area contributed by atoms with Crippen LogP contribution < -0.4 is 0 Å². The molecule has 0 aliphatic carbocycles. The maximum Gasteiger partial charge on any atom is 0.318 e. The Balaban J connectivity index is 0. The van der Waals surface area contributed by atoms with E-state index in [1.165, 1.54) is 14.2 Å². The van der Waals surface area contributed by atoms with Gasteiger partial charge in [-0.05, 0) is 13.8 Å². The lowest BCUT2D eigenvalue weighted by Crippen LogP contribution is -1.85. The third-order valence-electron chi connectivity index (χ3n) is 0.333.